The van der Waals surface area contributed by atoms with Crippen LogP contribution in [0.3, 0.4) is 0 Å². The zero-order valence-corrected chi connectivity index (χ0v) is 14.7. The van der Waals surface area contributed by atoms with Crippen molar-refractivity contribution in [1.82, 2.24) is 0 Å². The molecule has 0 radical (unpaired) electrons. The van der Waals surface area contributed by atoms with Crippen LogP contribution < -0.4 is 5.32 Å². The molecule has 0 aliphatic rings. The third-order valence-electron chi connectivity index (χ3n) is 3.67. The summed E-state index contributed by atoms with van der Waals surface area (Å²) < 4.78 is 24.4. The lowest BCUT2D eigenvalue weighted by Crippen LogP contribution is -2.17. The van der Waals surface area contributed by atoms with Crippen LogP contribution in [0.4, 0.5) is 11.4 Å². The van der Waals surface area contributed by atoms with Crippen molar-refractivity contribution in [2.24, 2.45) is 0 Å². The van der Waals surface area contributed by atoms with Gasteiger partial charge in [-0.15, -0.1) is 0 Å². The van der Waals surface area contributed by atoms with Crippen LogP contribution in [0.2, 0.25) is 0 Å². The number of carbonyl (C=O) groups excluding carboxylic acids is 1. The lowest BCUT2D eigenvalue weighted by molar-refractivity contribution is -0.385. The van der Waals surface area contributed by atoms with Gasteiger partial charge in [-0.25, -0.2) is 8.42 Å². The molecule has 1 amide bonds. The first-order chi connectivity index (χ1) is 11.7. The maximum Gasteiger partial charge on any atom is 0.274 e. The molecule has 0 bridgehead atoms. The summed E-state index contributed by atoms with van der Waals surface area (Å²) in [6.07, 6.45) is -0.238. The number of hydrogen-bond acceptors (Lipinski definition) is 5. The van der Waals surface area contributed by atoms with Crippen molar-refractivity contribution in [1.29, 1.82) is 0 Å². The maximum atomic E-state index is 12.2. The van der Waals surface area contributed by atoms with Gasteiger partial charge in [0.2, 0.25) is 5.91 Å². The van der Waals surface area contributed by atoms with Gasteiger partial charge in [-0.2, -0.15) is 0 Å². The molecular weight excluding hydrogens is 344 g/mol. The van der Waals surface area contributed by atoms with E-state index < -0.39 is 20.7 Å². The van der Waals surface area contributed by atoms with Crippen molar-refractivity contribution >= 4 is 27.1 Å². The van der Waals surface area contributed by atoms with Gasteiger partial charge in [0.15, 0.2) is 9.84 Å². The molecule has 0 fully saturated rings. The number of benzene rings is 2. The molecule has 0 saturated heterocycles. The minimum Gasteiger partial charge on any atom is -0.326 e. The predicted octanol–water partition coefficient (Wildman–Crippen LogP) is 3.01. The van der Waals surface area contributed by atoms with E-state index in [4.69, 9.17) is 0 Å². The molecule has 0 unspecified atom stereocenters. The second-order valence-electron chi connectivity index (χ2n) is 5.69. The number of sulfone groups is 1. The minimum atomic E-state index is -3.56. The Morgan fingerprint density at radius 1 is 1.12 bits per heavy atom. The number of nitrogens with zero attached hydrogens (tertiary/aromatic N) is 1. The van der Waals surface area contributed by atoms with Gasteiger partial charge in [-0.05, 0) is 32.0 Å². The van der Waals surface area contributed by atoms with E-state index in [0.29, 0.717) is 5.56 Å². The highest BCUT2D eigenvalue weighted by Gasteiger charge is 2.17. The van der Waals surface area contributed by atoms with Gasteiger partial charge in [0, 0.05) is 23.7 Å². The number of nitro benzene ring substituents is 1. The zero-order chi connectivity index (χ0) is 18.6. The number of amides is 1. The van der Waals surface area contributed by atoms with Gasteiger partial charge >= 0.3 is 0 Å². The van der Waals surface area contributed by atoms with Crippen LogP contribution >= 0.6 is 0 Å². The molecule has 8 heteroatoms. The SMILES string of the molecule is Cc1ccc(S(=O)(=O)CCC(=O)Nc2ccc(C)c([N+](=O)[O-])c2)cc1. The Morgan fingerprint density at radius 2 is 1.76 bits per heavy atom. The van der Waals surface area contributed by atoms with E-state index in [1.807, 2.05) is 6.92 Å². The van der Waals surface area contributed by atoms with Crippen LogP contribution in [-0.2, 0) is 14.6 Å². The highest BCUT2D eigenvalue weighted by Crippen LogP contribution is 2.22. The van der Waals surface area contributed by atoms with E-state index in [2.05, 4.69) is 5.32 Å². The maximum absolute atomic E-state index is 12.2. The van der Waals surface area contributed by atoms with E-state index in [0.717, 1.165) is 5.56 Å². The number of rotatable bonds is 6. The van der Waals surface area contributed by atoms with E-state index in [-0.39, 0.29) is 28.4 Å². The third-order valence-corrected chi connectivity index (χ3v) is 5.40. The first-order valence-corrected chi connectivity index (χ1v) is 9.18. The molecule has 0 aromatic heterocycles. The van der Waals surface area contributed by atoms with E-state index in [1.54, 1.807) is 19.1 Å². The molecule has 25 heavy (non-hydrogen) atoms. The largest absolute Gasteiger partial charge is 0.326 e. The Bertz CT molecular complexity index is 905. The van der Waals surface area contributed by atoms with Crippen molar-refractivity contribution in [2.45, 2.75) is 25.2 Å². The van der Waals surface area contributed by atoms with Crippen LogP contribution in [0.25, 0.3) is 0 Å². The predicted molar refractivity (Wildman–Crippen MR) is 94.3 cm³/mol. The van der Waals surface area contributed by atoms with Crippen molar-refractivity contribution < 1.29 is 18.1 Å². The second kappa shape index (κ2) is 7.43. The lowest BCUT2D eigenvalue weighted by Gasteiger charge is -2.07. The number of aryl methyl sites for hydroxylation is 2. The Hall–Kier alpha value is -2.74. The minimum absolute atomic E-state index is 0.106. The zero-order valence-electron chi connectivity index (χ0n) is 13.9. The molecule has 2 aromatic carbocycles. The Balaban J connectivity index is 2.02. The fourth-order valence-electron chi connectivity index (χ4n) is 2.20. The summed E-state index contributed by atoms with van der Waals surface area (Å²) in [5, 5.41) is 13.4. The summed E-state index contributed by atoms with van der Waals surface area (Å²) in [5.41, 5.74) is 1.57. The van der Waals surface area contributed by atoms with Crippen LogP contribution in [0.15, 0.2) is 47.4 Å². The highest BCUT2D eigenvalue weighted by atomic mass is 32.2. The third kappa shape index (κ3) is 4.87. The average Bonchev–Trinajstić information content (AvgIpc) is 2.55. The molecule has 132 valence electrons. The second-order valence-corrected chi connectivity index (χ2v) is 7.80. The average molecular weight is 362 g/mol. The Kier molecular flexibility index (Phi) is 5.53. The summed E-state index contributed by atoms with van der Waals surface area (Å²) in [4.78, 5) is 22.5. The topological polar surface area (TPSA) is 106 Å². The van der Waals surface area contributed by atoms with Gasteiger partial charge in [0.05, 0.1) is 15.6 Å². The summed E-state index contributed by atoms with van der Waals surface area (Å²) >= 11 is 0. The van der Waals surface area contributed by atoms with E-state index in [1.165, 1.54) is 30.3 Å². The molecule has 0 aliphatic heterocycles. The van der Waals surface area contributed by atoms with Crippen molar-refractivity contribution in [3.8, 4) is 0 Å². The van der Waals surface area contributed by atoms with Crippen molar-refractivity contribution in [3.63, 3.8) is 0 Å². The molecule has 2 rings (SSSR count). The molecule has 0 heterocycles. The summed E-state index contributed by atoms with van der Waals surface area (Å²) in [7, 11) is -3.56. The lowest BCUT2D eigenvalue weighted by atomic mass is 10.2. The normalized spacial score (nSPS) is 11.1. The Morgan fingerprint density at radius 3 is 2.36 bits per heavy atom. The van der Waals surface area contributed by atoms with Crippen LogP contribution in [0, 0.1) is 24.0 Å². The summed E-state index contributed by atoms with van der Waals surface area (Å²) in [5.74, 6) is -0.857. The Labute approximate surface area is 145 Å². The van der Waals surface area contributed by atoms with Crippen molar-refractivity contribution in [3.05, 3.63) is 63.7 Å². The van der Waals surface area contributed by atoms with Gasteiger partial charge in [-0.3, -0.25) is 14.9 Å². The summed E-state index contributed by atoms with van der Waals surface area (Å²) in [6.45, 7) is 3.45. The molecule has 0 spiro atoms. The van der Waals surface area contributed by atoms with Crippen LogP contribution in [0.1, 0.15) is 17.5 Å². The molecule has 2 aromatic rings. The molecular formula is C17H18N2O5S. The first kappa shape index (κ1) is 18.6. The van der Waals surface area contributed by atoms with Crippen molar-refractivity contribution in [2.75, 3.05) is 11.1 Å². The van der Waals surface area contributed by atoms with E-state index in [9.17, 15) is 23.3 Å². The molecule has 1 N–H and O–H groups in total. The first-order valence-electron chi connectivity index (χ1n) is 7.53. The number of carbonyl (C=O) groups is 1. The number of anilines is 1. The monoisotopic (exact) mass is 362 g/mol. The van der Waals surface area contributed by atoms with Gasteiger partial charge in [0.25, 0.3) is 5.69 Å². The van der Waals surface area contributed by atoms with Crippen LogP contribution in [0.5, 0.6) is 0 Å². The highest BCUT2D eigenvalue weighted by molar-refractivity contribution is 7.91. The molecule has 0 aliphatic carbocycles. The molecule has 0 atom stereocenters. The molecule has 0 saturated carbocycles. The fourth-order valence-corrected chi connectivity index (χ4v) is 3.44. The van der Waals surface area contributed by atoms with Gasteiger partial charge in [0.1, 0.15) is 0 Å². The van der Waals surface area contributed by atoms with Gasteiger partial charge < -0.3 is 5.32 Å². The van der Waals surface area contributed by atoms with Crippen LogP contribution in [-0.4, -0.2) is 25.0 Å². The number of nitrogens with one attached hydrogen (secondary N) is 1. The molecule has 7 nitrogen and oxygen atoms in total. The number of hydrogen-bond donors (Lipinski definition) is 1. The standard InChI is InChI=1S/C17H18N2O5S/c1-12-3-7-15(8-4-12)25(23,24)10-9-17(20)18-14-6-5-13(2)16(11-14)19(21)22/h3-8,11H,9-10H2,1-2H3,(H,18,20). The van der Waals surface area contributed by atoms with Gasteiger partial charge in [-0.1, -0.05) is 23.8 Å². The number of nitro groups is 1. The summed E-state index contributed by atoms with van der Waals surface area (Å²) in [6, 6.07) is 10.7. The fraction of sp³-hybridized carbons (Fsp3) is 0.235. The van der Waals surface area contributed by atoms with E-state index >= 15 is 0 Å². The quantitative estimate of drug-likeness (QED) is 0.628. The smallest absolute Gasteiger partial charge is 0.274 e.